The second kappa shape index (κ2) is 5.35. The molecule has 6 nitrogen and oxygen atoms in total. The molecular formula is C11H13N3O3S. The first-order chi connectivity index (χ1) is 8.63. The second-order valence-electron chi connectivity index (χ2n) is 3.78. The molecule has 1 aromatic carbocycles. The summed E-state index contributed by atoms with van der Waals surface area (Å²) in [7, 11) is -3.62. The van der Waals surface area contributed by atoms with E-state index >= 15 is 0 Å². The van der Waals surface area contributed by atoms with Gasteiger partial charge in [0, 0.05) is 13.1 Å². The molecule has 7 heteroatoms. The molecule has 0 aromatic heterocycles. The molecule has 1 aromatic rings. The largest absolute Gasteiger partial charge is 0.379 e. The summed E-state index contributed by atoms with van der Waals surface area (Å²) in [5.41, 5.74) is 0.598. The molecule has 1 N–H and O–H groups in total. The molecule has 0 bridgehead atoms. The van der Waals surface area contributed by atoms with Crippen LogP contribution in [0.1, 0.15) is 5.56 Å². The van der Waals surface area contributed by atoms with E-state index in [-0.39, 0.29) is 0 Å². The normalized spacial score (nSPS) is 17.1. The molecule has 0 atom stereocenters. The molecule has 0 amide bonds. The topological polar surface area (TPSA) is 82.4 Å². The van der Waals surface area contributed by atoms with Crippen LogP contribution in [0.15, 0.2) is 24.3 Å². The van der Waals surface area contributed by atoms with Crippen LogP contribution in [0.4, 0.5) is 5.69 Å². The predicted octanol–water partition coefficient (Wildman–Crippen LogP) is 0.547. The van der Waals surface area contributed by atoms with Gasteiger partial charge in [-0.05, 0) is 12.1 Å². The van der Waals surface area contributed by atoms with Crippen LogP contribution in [0.3, 0.4) is 0 Å². The summed E-state index contributed by atoms with van der Waals surface area (Å²) >= 11 is 0. The third kappa shape index (κ3) is 2.79. The van der Waals surface area contributed by atoms with Crippen molar-refractivity contribution in [2.24, 2.45) is 0 Å². The Labute approximate surface area is 106 Å². The molecule has 0 unspecified atom stereocenters. The van der Waals surface area contributed by atoms with Crippen molar-refractivity contribution in [3.8, 4) is 6.07 Å². The Balaban J connectivity index is 2.19. The summed E-state index contributed by atoms with van der Waals surface area (Å²) in [4.78, 5) is 0. The highest BCUT2D eigenvalue weighted by Crippen LogP contribution is 2.17. The van der Waals surface area contributed by atoms with Crippen molar-refractivity contribution in [1.29, 1.82) is 5.26 Å². The molecule has 1 saturated heterocycles. The van der Waals surface area contributed by atoms with Crippen molar-refractivity contribution in [2.75, 3.05) is 31.0 Å². The molecule has 2 rings (SSSR count). The highest BCUT2D eigenvalue weighted by Gasteiger charge is 2.24. The molecular weight excluding hydrogens is 254 g/mol. The molecule has 0 spiro atoms. The Morgan fingerprint density at radius 3 is 2.61 bits per heavy atom. The number of morpholine rings is 1. The van der Waals surface area contributed by atoms with Crippen LogP contribution in [0.2, 0.25) is 0 Å². The van der Waals surface area contributed by atoms with Gasteiger partial charge in [0.05, 0.1) is 24.5 Å². The van der Waals surface area contributed by atoms with Crippen molar-refractivity contribution in [3.63, 3.8) is 0 Å². The number of nitriles is 1. The summed E-state index contributed by atoms with van der Waals surface area (Å²) in [5.74, 6) is 0. The minimum absolute atomic E-state index is 0.298. The van der Waals surface area contributed by atoms with Crippen LogP contribution in [-0.4, -0.2) is 39.0 Å². The van der Waals surface area contributed by atoms with E-state index < -0.39 is 10.2 Å². The minimum atomic E-state index is -3.62. The van der Waals surface area contributed by atoms with Crippen LogP contribution in [0.25, 0.3) is 0 Å². The zero-order valence-electron chi connectivity index (χ0n) is 9.67. The van der Waals surface area contributed by atoms with Gasteiger partial charge in [-0.1, -0.05) is 12.1 Å². The lowest BCUT2D eigenvalue weighted by Gasteiger charge is -2.26. The summed E-state index contributed by atoms with van der Waals surface area (Å²) in [6.07, 6.45) is 0. The average molecular weight is 267 g/mol. The highest BCUT2D eigenvalue weighted by atomic mass is 32.2. The number of nitrogens with zero attached hydrogens (tertiary/aromatic N) is 2. The first-order valence-corrected chi connectivity index (χ1v) is 6.92. The van der Waals surface area contributed by atoms with Gasteiger partial charge in [-0.25, -0.2) is 0 Å². The van der Waals surface area contributed by atoms with Gasteiger partial charge in [0.15, 0.2) is 0 Å². The Morgan fingerprint density at radius 1 is 1.28 bits per heavy atom. The summed E-state index contributed by atoms with van der Waals surface area (Å²) in [5, 5.41) is 8.91. The lowest BCUT2D eigenvalue weighted by Crippen LogP contribution is -2.43. The van der Waals surface area contributed by atoms with Gasteiger partial charge in [0.25, 0.3) is 0 Å². The van der Waals surface area contributed by atoms with Gasteiger partial charge >= 0.3 is 10.2 Å². The number of benzene rings is 1. The highest BCUT2D eigenvalue weighted by molar-refractivity contribution is 7.90. The fourth-order valence-corrected chi connectivity index (χ4v) is 2.87. The van der Waals surface area contributed by atoms with Crippen LogP contribution < -0.4 is 4.72 Å². The second-order valence-corrected chi connectivity index (χ2v) is 5.45. The van der Waals surface area contributed by atoms with Gasteiger partial charge in [-0.2, -0.15) is 18.0 Å². The van der Waals surface area contributed by atoms with Crippen LogP contribution in [-0.2, 0) is 14.9 Å². The van der Waals surface area contributed by atoms with Crippen molar-refractivity contribution in [2.45, 2.75) is 0 Å². The average Bonchev–Trinajstić information content (AvgIpc) is 2.40. The zero-order chi connectivity index (χ0) is 13.0. The van der Waals surface area contributed by atoms with Gasteiger partial charge in [0.2, 0.25) is 0 Å². The Kier molecular flexibility index (Phi) is 3.81. The smallest absolute Gasteiger partial charge is 0.301 e. The molecule has 1 heterocycles. The number of nitrogens with one attached hydrogen (secondary N) is 1. The molecule has 1 aliphatic heterocycles. The van der Waals surface area contributed by atoms with E-state index in [1.54, 1.807) is 24.3 Å². The van der Waals surface area contributed by atoms with E-state index in [2.05, 4.69) is 4.72 Å². The molecule has 0 radical (unpaired) electrons. The summed E-state index contributed by atoms with van der Waals surface area (Å²) in [6, 6.07) is 8.45. The van der Waals surface area contributed by atoms with Crippen LogP contribution in [0, 0.1) is 11.3 Å². The standard InChI is InChI=1S/C11H13N3O3S/c12-9-10-3-1-2-4-11(10)13-18(15,16)14-5-7-17-8-6-14/h1-4,13H,5-8H2. The Bertz CT molecular complexity index is 559. The number of hydrogen-bond donors (Lipinski definition) is 1. The maximum atomic E-state index is 12.1. The lowest BCUT2D eigenvalue weighted by molar-refractivity contribution is 0.0733. The molecule has 18 heavy (non-hydrogen) atoms. The minimum Gasteiger partial charge on any atom is -0.379 e. The van der Waals surface area contributed by atoms with Crippen molar-refractivity contribution < 1.29 is 13.2 Å². The fourth-order valence-electron chi connectivity index (χ4n) is 1.66. The van der Waals surface area contributed by atoms with E-state index in [0.29, 0.717) is 37.6 Å². The molecule has 96 valence electrons. The zero-order valence-corrected chi connectivity index (χ0v) is 10.5. The number of anilines is 1. The third-order valence-electron chi connectivity index (χ3n) is 2.60. The Hall–Kier alpha value is -1.62. The van der Waals surface area contributed by atoms with E-state index in [1.165, 1.54) is 4.31 Å². The fraction of sp³-hybridized carbons (Fsp3) is 0.364. The van der Waals surface area contributed by atoms with Gasteiger partial charge in [-0.3, -0.25) is 4.72 Å². The lowest BCUT2D eigenvalue weighted by atomic mass is 10.2. The first kappa shape index (κ1) is 12.8. The summed E-state index contributed by atoms with van der Waals surface area (Å²) in [6.45, 7) is 1.43. The number of ether oxygens (including phenoxy) is 1. The van der Waals surface area contributed by atoms with E-state index in [0.717, 1.165) is 0 Å². The molecule has 1 fully saturated rings. The van der Waals surface area contributed by atoms with Crippen molar-refractivity contribution >= 4 is 15.9 Å². The monoisotopic (exact) mass is 267 g/mol. The number of hydrogen-bond acceptors (Lipinski definition) is 4. The molecule has 0 aliphatic carbocycles. The molecule has 1 aliphatic rings. The van der Waals surface area contributed by atoms with Gasteiger partial charge in [-0.15, -0.1) is 0 Å². The van der Waals surface area contributed by atoms with E-state index in [9.17, 15) is 8.42 Å². The third-order valence-corrected chi connectivity index (χ3v) is 4.12. The Morgan fingerprint density at radius 2 is 1.94 bits per heavy atom. The maximum Gasteiger partial charge on any atom is 0.301 e. The van der Waals surface area contributed by atoms with E-state index in [4.69, 9.17) is 10.00 Å². The van der Waals surface area contributed by atoms with Gasteiger partial charge < -0.3 is 4.74 Å². The van der Waals surface area contributed by atoms with Crippen LogP contribution in [0.5, 0.6) is 0 Å². The van der Waals surface area contributed by atoms with Gasteiger partial charge in [0.1, 0.15) is 6.07 Å². The predicted molar refractivity (Wildman–Crippen MR) is 66.1 cm³/mol. The van der Waals surface area contributed by atoms with Crippen LogP contribution >= 0.6 is 0 Å². The van der Waals surface area contributed by atoms with Crippen molar-refractivity contribution in [3.05, 3.63) is 29.8 Å². The maximum absolute atomic E-state index is 12.1. The first-order valence-electron chi connectivity index (χ1n) is 5.48. The molecule has 0 saturated carbocycles. The number of rotatable bonds is 3. The van der Waals surface area contributed by atoms with E-state index in [1.807, 2.05) is 6.07 Å². The summed E-state index contributed by atoms with van der Waals surface area (Å²) < 4.78 is 33.0. The van der Waals surface area contributed by atoms with Crippen molar-refractivity contribution in [1.82, 2.24) is 4.31 Å². The number of para-hydroxylation sites is 1. The SMILES string of the molecule is N#Cc1ccccc1NS(=O)(=O)N1CCOCC1. The quantitative estimate of drug-likeness (QED) is 0.866.